The van der Waals surface area contributed by atoms with Gasteiger partial charge in [-0.1, -0.05) is 0 Å². The lowest BCUT2D eigenvalue weighted by Gasteiger charge is -2.33. The number of likely N-dealkylation sites (tertiary alicyclic amines) is 1. The summed E-state index contributed by atoms with van der Waals surface area (Å²) in [6.45, 7) is 5.36. The molecular weight excluding hydrogens is 180 g/mol. The second kappa shape index (κ2) is 5.32. The first-order chi connectivity index (χ1) is 6.63. The lowest BCUT2D eigenvalue weighted by molar-refractivity contribution is -0.130. The highest BCUT2D eigenvalue weighted by molar-refractivity contribution is 5.73. The van der Waals surface area contributed by atoms with Gasteiger partial charge in [0.2, 0.25) is 5.91 Å². The Labute approximate surface area is 85.6 Å². The zero-order valence-corrected chi connectivity index (χ0v) is 9.25. The van der Waals surface area contributed by atoms with E-state index in [9.17, 15) is 4.79 Å². The van der Waals surface area contributed by atoms with Gasteiger partial charge in [0.1, 0.15) is 6.23 Å². The third-order valence-electron chi connectivity index (χ3n) is 2.76. The molecule has 0 spiro atoms. The van der Waals surface area contributed by atoms with Crippen molar-refractivity contribution in [3.8, 4) is 0 Å². The summed E-state index contributed by atoms with van der Waals surface area (Å²) < 4.78 is 5.14. The minimum atomic E-state index is 0.101. The third-order valence-corrected chi connectivity index (χ3v) is 2.76. The van der Waals surface area contributed by atoms with E-state index in [1.165, 1.54) is 0 Å². The molecule has 0 saturated carbocycles. The molecule has 1 amide bonds. The molecule has 1 fully saturated rings. The van der Waals surface area contributed by atoms with Crippen LogP contribution < -0.4 is 5.32 Å². The minimum absolute atomic E-state index is 0.101. The number of ether oxygens (including phenoxy) is 1. The summed E-state index contributed by atoms with van der Waals surface area (Å²) in [6, 6.07) is 0.487. The van der Waals surface area contributed by atoms with Gasteiger partial charge in [-0.15, -0.1) is 0 Å². The van der Waals surface area contributed by atoms with Crippen LogP contribution in [0.4, 0.5) is 0 Å². The van der Waals surface area contributed by atoms with Crippen LogP contribution in [-0.4, -0.2) is 43.3 Å². The molecule has 0 aromatic carbocycles. The first-order valence-corrected chi connectivity index (χ1v) is 5.18. The Morgan fingerprint density at radius 1 is 1.50 bits per heavy atom. The fraction of sp³-hybridized carbons (Fsp3) is 0.900. The van der Waals surface area contributed by atoms with Crippen molar-refractivity contribution in [2.24, 2.45) is 0 Å². The van der Waals surface area contributed by atoms with E-state index in [4.69, 9.17) is 4.74 Å². The molecule has 82 valence electrons. The fourth-order valence-corrected chi connectivity index (χ4v) is 1.76. The van der Waals surface area contributed by atoms with Gasteiger partial charge in [-0.3, -0.25) is 10.1 Å². The summed E-state index contributed by atoms with van der Waals surface area (Å²) >= 11 is 0. The minimum Gasteiger partial charge on any atom is -0.367 e. The Morgan fingerprint density at radius 2 is 2.07 bits per heavy atom. The monoisotopic (exact) mass is 200 g/mol. The highest BCUT2D eigenvalue weighted by Gasteiger charge is 2.21. The van der Waals surface area contributed by atoms with Gasteiger partial charge in [-0.2, -0.15) is 0 Å². The van der Waals surface area contributed by atoms with Crippen LogP contribution in [0.15, 0.2) is 0 Å². The average Bonchev–Trinajstić information content (AvgIpc) is 2.18. The van der Waals surface area contributed by atoms with E-state index in [0.717, 1.165) is 25.9 Å². The number of piperidine rings is 1. The van der Waals surface area contributed by atoms with Gasteiger partial charge < -0.3 is 9.64 Å². The van der Waals surface area contributed by atoms with Crippen LogP contribution in [-0.2, 0) is 9.53 Å². The Bertz CT molecular complexity index is 189. The molecule has 1 aliphatic heterocycles. The van der Waals surface area contributed by atoms with Crippen molar-refractivity contribution in [2.75, 3.05) is 20.2 Å². The smallest absolute Gasteiger partial charge is 0.219 e. The topological polar surface area (TPSA) is 41.6 Å². The predicted octanol–water partition coefficient (Wildman–Crippen LogP) is 0.579. The SMILES string of the molecule is COC(C)NC1CCN(C(C)=O)CC1. The number of carbonyl (C=O) groups excluding carboxylic acids is 1. The van der Waals surface area contributed by atoms with Gasteiger partial charge >= 0.3 is 0 Å². The normalized spacial score (nSPS) is 20.9. The molecule has 0 aromatic heterocycles. The fourth-order valence-electron chi connectivity index (χ4n) is 1.76. The number of methoxy groups -OCH3 is 1. The summed E-state index contributed by atoms with van der Waals surface area (Å²) in [7, 11) is 1.70. The number of hydrogen-bond acceptors (Lipinski definition) is 3. The van der Waals surface area contributed by atoms with E-state index in [1.54, 1.807) is 14.0 Å². The molecule has 1 saturated heterocycles. The van der Waals surface area contributed by atoms with Crippen molar-refractivity contribution in [3.05, 3.63) is 0 Å². The van der Waals surface area contributed by atoms with E-state index in [-0.39, 0.29) is 12.1 Å². The second-order valence-electron chi connectivity index (χ2n) is 3.82. The average molecular weight is 200 g/mol. The maximum Gasteiger partial charge on any atom is 0.219 e. The largest absolute Gasteiger partial charge is 0.367 e. The van der Waals surface area contributed by atoms with E-state index >= 15 is 0 Å². The zero-order valence-electron chi connectivity index (χ0n) is 9.25. The Morgan fingerprint density at radius 3 is 2.50 bits per heavy atom. The number of amides is 1. The zero-order chi connectivity index (χ0) is 10.6. The van der Waals surface area contributed by atoms with Gasteiger partial charge in [0.25, 0.3) is 0 Å². The standard InChI is InChI=1S/C10H20N2O2/c1-8(14-3)11-10-4-6-12(7-5-10)9(2)13/h8,10-11H,4-7H2,1-3H3. The lowest BCUT2D eigenvalue weighted by Crippen LogP contribution is -2.47. The van der Waals surface area contributed by atoms with Crippen molar-refractivity contribution in [1.29, 1.82) is 0 Å². The van der Waals surface area contributed by atoms with Gasteiger partial charge in [0.05, 0.1) is 0 Å². The van der Waals surface area contributed by atoms with E-state index < -0.39 is 0 Å². The van der Waals surface area contributed by atoms with Gasteiger partial charge in [-0.25, -0.2) is 0 Å². The summed E-state index contributed by atoms with van der Waals surface area (Å²) in [5, 5.41) is 3.37. The van der Waals surface area contributed by atoms with Crippen LogP contribution in [0, 0.1) is 0 Å². The Hall–Kier alpha value is -0.610. The van der Waals surface area contributed by atoms with Crippen molar-refractivity contribution >= 4 is 5.91 Å². The van der Waals surface area contributed by atoms with Crippen molar-refractivity contribution in [3.63, 3.8) is 0 Å². The summed E-state index contributed by atoms with van der Waals surface area (Å²) in [4.78, 5) is 13.0. The van der Waals surface area contributed by atoms with Crippen LogP contribution in [0.1, 0.15) is 26.7 Å². The van der Waals surface area contributed by atoms with Crippen LogP contribution in [0.3, 0.4) is 0 Å². The van der Waals surface area contributed by atoms with Gasteiger partial charge in [0, 0.05) is 33.2 Å². The van der Waals surface area contributed by atoms with Crippen molar-refractivity contribution < 1.29 is 9.53 Å². The van der Waals surface area contributed by atoms with E-state index in [2.05, 4.69) is 5.32 Å². The molecule has 0 bridgehead atoms. The molecule has 0 aliphatic carbocycles. The highest BCUT2D eigenvalue weighted by atomic mass is 16.5. The van der Waals surface area contributed by atoms with E-state index in [1.807, 2.05) is 11.8 Å². The number of hydrogen-bond donors (Lipinski definition) is 1. The maximum absolute atomic E-state index is 11.1. The molecule has 1 heterocycles. The molecule has 0 aromatic rings. The van der Waals surface area contributed by atoms with Crippen LogP contribution >= 0.6 is 0 Å². The quantitative estimate of drug-likeness (QED) is 0.678. The van der Waals surface area contributed by atoms with E-state index in [0.29, 0.717) is 6.04 Å². The molecule has 4 heteroatoms. The van der Waals surface area contributed by atoms with Gasteiger partial charge in [0.15, 0.2) is 0 Å². The molecule has 1 N–H and O–H groups in total. The predicted molar refractivity (Wildman–Crippen MR) is 54.9 cm³/mol. The number of rotatable bonds is 3. The lowest BCUT2D eigenvalue weighted by atomic mass is 10.1. The number of nitrogens with one attached hydrogen (secondary N) is 1. The molecular formula is C10H20N2O2. The molecule has 1 atom stereocenters. The van der Waals surface area contributed by atoms with Crippen molar-refractivity contribution in [1.82, 2.24) is 10.2 Å². The third kappa shape index (κ3) is 3.27. The molecule has 1 rings (SSSR count). The van der Waals surface area contributed by atoms with Crippen LogP contribution in [0.5, 0.6) is 0 Å². The maximum atomic E-state index is 11.1. The molecule has 1 aliphatic rings. The molecule has 0 radical (unpaired) electrons. The summed E-state index contributed by atoms with van der Waals surface area (Å²) in [5.74, 6) is 0.184. The molecule has 1 unspecified atom stereocenters. The highest BCUT2D eigenvalue weighted by Crippen LogP contribution is 2.10. The van der Waals surface area contributed by atoms with Crippen LogP contribution in [0.25, 0.3) is 0 Å². The summed E-state index contributed by atoms with van der Waals surface area (Å²) in [5.41, 5.74) is 0. The van der Waals surface area contributed by atoms with Crippen molar-refractivity contribution in [2.45, 2.75) is 39.0 Å². The van der Waals surface area contributed by atoms with Crippen LogP contribution in [0.2, 0.25) is 0 Å². The Kier molecular flexibility index (Phi) is 4.35. The van der Waals surface area contributed by atoms with Gasteiger partial charge in [-0.05, 0) is 19.8 Å². The Balaban J connectivity index is 2.25. The number of carbonyl (C=O) groups is 1. The first-order valence-electron chi connectivity index (χ1n) is 5.18. The first kappa shape index (κ1) is 11.5. The summed E-state index contributed by atoms with van der Waals surface area (Å²) in [6.07, 6.45) is 2.14. The second-order valence-corrected chi connectivity index (χ2v) is 3.82. The molecule has 4 nitrogen and oxygen atoms in total. The molecule has 14 heavy (non-hydrogen) atoms. The number of nitrogens with zero attached hydrogens (tertiary/aromatic N) is 1.